The van der Waals surface area contributed by atoms with E-state index in [-0.39, 0.29) is 0 Å². The summed E-state index contributed by atoms with van der Waals surface area (Å²) in [6, 6.07) is 4.59. The van der Waals surface area contributed by atoms with E-state index in [4.69, 9.17) is 0 Å². The molecule has 2 aromatic rings. The minimum atomic E-state index is 0.378. The second kappa shape index (κ2) is 4.67. The van der Waals surface area contributed by atoms with Gasteiger partial charge in [0.05, 0.1) is 18.1 Å². The molecular weight excluding hydrogens is 212 g/mol. The molecule has 0 saturated carbocycles. The Hall–Kier alpha value is -1.68. The van der Waals surface area contributed by atoms with Crippen molar-refractivity contribution in [2.45, 2.75) is 31.8 Å². The second-order valence-electron chi connectivity index (χ2n) is 4.45. The molecule has 1 aliphatic carbocycles. The molecule has 0 aromatic carbocycles. The van der Waals surface area contributed by atoms with Gasteiger partial charge < -0.3 is 10.3 Å². The molecular formula is C13H16N4. The topological polar surface area (TPSA) is 53.6 Å². The van der Waals surface area contributed by atoms with E-state index in [0.29, 0.717) is 6.04 Å². The summed E-state index contributed by atoms with van der Waals surface area (Å²) in [5.41, 5.74) is 3.73. The van der Waals surface area contributed by atoms with E-state index in [0.717, 1.165) is 25.1 Å². The summed E-state index contributed by atoms with van der Waals surface area (Å²) in [6.45, 7) is 0.820. The summed E-state index contributed by atoms with van der Waals surface area (Å²) < 4.78 is 0. The van der Waals surface area contributed by atoms with Crippen molar-refractivity contribution in [3.63, 3.8) is 0 Å². The Kier molecular flexibility index (Phi) is 2.88. The summed E-state index contributed by atoms with van der Waals surface area (Å²) in [6.07, 6.45) is 9.01. The van der Waals surface area contributed by atoms with Crippen molar-refractivity contribution in [1.82, 2.24) is 20.3 Å². The van der Waals surface area contributed by atoms with Crippen LogP contribution in [0, 0.1) is 0 Å². The van der Waals surface area contributed by atoms with Gasteiger partial charge in [-0.15, -0.1) is 0 Å². The van der Waals surface area contributed by atoms with Crippen LogP contribution in [0.4, 0.5) is 0 Å². The predicted molar refractivity (Wildman–Crippen MR) is 65.3 cm³/mol. The molecule has 0 bridgehead atoms. The average Bonchev–Trinajstić information content (AvgIpc) is 2.89. The van der Waals surface area contributed by atoms with Gasteiger partial charge in [-0.25, -0.2) is 4.98 Å². The fourth-order valence-electron chi connectivity index (χ4n) is 2.42. The van der Waals surface area contributed by atoms with Crippen LogP contribution in [-0.2, 0) is 13.0 Å². The third kappa shape index (κ3) is 2.22. The molecule has 0 radical (unpaired) electrons. The first kappa shape index (κ1) is 10.5. The van der Waals surface area contributed by atoms with Crippen LogP contribution in [-0.4, -0.2) is 15.0 Å². The molecule has 0 aliphatic heterocycles. The standard InChI is InChI=1S/C13H16N4/c1-3-10-4-2-6-15-13(10)12(5-1)16-8-11-7-14-9-17-11/h2,4,6-7,9,12,16H,1,3,5,8H2,(H,14,17). The Morgan fingerprint density at radius 2 is 2.47 bits per heavy atom. The molecule has 3 rings (SSSR count). The summed E-state index contributed by atoms with van der Waals surface area (Å²) >= 11 is 0. The van der Waals surface area contributed by atoms with Crippen LogP contribution in [0.1, 0.15) is 35.8 Å². The van der Waals surface area contributed by atoms with Gasteiger partial charge in [0, 0.05) is 24.6 Å². The van der Waals surface area contributed by atoms with Gasteiger partial charge in [-0.1, -0.05) is 6.07 Å². The Labute approximate surface area is 101 Å². The van der Waals surface area contributed by atoms with E-state index in [2.05, 4.69) is 26.3 Å². The van der Waals surface area contributed by atoms with Crippen molar-refractivity contribution < 1.29 is 0 Å². The summed E-state index contributed by atoms with van der Waals surface area (Å²) in [4.78, 5) is 11.6. The zero-order chi connectivity index (χ0) is 11.5. The molecule has 1 atom stereocenters. The van der Waals surface area contributed by atoms with E-state index in [1.165, 1.54) is 17.7 Å². The number of aromatic amines is 1. The van der Waals surface area contributed by atoms with Gasteiger partial charge in [0.1, 0.15) is 0 Å². The first-order chi connectivity index (χ1) is 8.43. The predicted octanol–water partition coefficient (Wildman–Crippen LogP) is 1.97. The highest BCUT2D eigenvalue weighted by molar-refractivity contribution is 5.25. The maximum absolute atomic E-state index is 4.51. The van der Waals surface area contributed by atoms with Crippen LogP contribution in [0.5, 0.6) is 0 Å². The van der Waals surface area contributed by atoms with Crippen LogP contribution in [0.15, 0.2) is 30.9 Å². The Morgan fingerprint density at radius 3 is 3.35 bits per heavy atom. The third-order valence-corrected chi connectivity index (χ3v) is 3.29. The van der Waals surface area contributed by atoms with Crippen LogP contribution in [0.2, 0.25) is 0 Å². The Bertz CT molecular complexity index is 478. The number of aryl methyl sites for hydroxylation is 1. The lowest BCUT2D eigenvalue weighted by Crippen LogP contribution is -2.26. The number of nitrogens with zero attached hydrogens (tertiary/aromatic N) is 2. The smallest absolute Gasteiger partial charge is 0.0922 e. The molecule has 1 aliphatic rings. The van der Waals surface area contributed by atoms with Gasteiger partial charge in [-0.3, -0.25) is 4.98 Å². The summed E-state index contributed by atoms with van der Waals surface area (Å²) in [7, 11) is 0. The van der Waals surface area contributed by atoms with E-state index in [9.17, 15) is 0 Å². The number of H-pyrrole nitrogens is 1. The number of pyridine rings is 1. The summed E-state index contributed by atoms with van der Waals surface area (Å²) in [5, 5.41) is 3.55. The molecule has 0 spiro atoms. The van der Waals surface area contributed by atoms with Gasteiger partial charge in [-0.05, 0) is 30.9 Å². The van der Waals surface area contributed by atoms with Gasteiger partial charge in [0.25, 0.3) is 0 Å². The van der Waals surface area contributed by atoms with Crippen LogP contribution in [0.25, 0.3) is 0 Å². The number of fused-ring (bicyclic) bond motifs is 1. The molecule has 2 aromatic heterocycles. The first-order valence-electron chi connectivity index (χ1n) is 6.08. The van der Waals surface area contributed by atoms with Gasteiger partial charge >= 0.3 is 0 Å². The highest BCUT2D eigenvalue weighted by Crippen LogP contribution is 2.27. The van der Waals surface area contributed by atoms with E-state index in [1.54, 1.807) is 6.33 Å². The Morgan fingerprint density at radius 1 is 1.47 bits per heavy atom. The molecule has 0 amide bonds. The second-order valence-corrected chi connectivity index (χ2v) is 4.45. The maximum Gasteiger partial charge on any atom is 0.0922 e. The van der Waals surface area contributed by atoms with Crippen molar-refractivity contribution in [3.8, 4) is 0 Å². The number of imidazole rings is 1. The molecule has 4 heteroatoms. The quantitative estimate of drug-likeness (QED) is 0.844. The lowest BCUT2D eigenvalue weighted by Gasteiger charge is -2.24. The minimum absolute atomic E-state index is 0.378. The third-order valence-electron chi connectivity index (χ3n) is 3.29. The van der Waals surface area contributed by atoms with Gasteiger partial charge in [-0.2, -0.15) is 0 Å². The van der Waals surface area contributed by atoms with Crippen LogP contribution in [0.3, 0.4) is 0 Å². The van der Waals surface area contributed by atoms with E-state index >= 15 is 0 Å². The largest absolute Gasteiger partial charge is 0.347 e. The highest BCUT2D eigenvalue weighted by atomic mass is 15.0. The number of nitrogens with one attached hydrogen (secondary N) is 2. The maximum atomic E-state index is 4.51. The van der Waals surface area contributed by atoms with Crippen LogP contribution >= 0.6 is 0 Å². The normalized spacial score (nSPS) is 18.9. The molecule has 1 unspecified atom stereocenters. The van der Waals surface area contributed by atoms with Crippen molar-refractivity contribution in [1.29, 1.82) is 0 Å². The minimum Gasteiger partial charge on any atom is -0.347 e. The molecule has 2 N–H and O–H groups in total. The Balaban J connectivity index is 1.72. The molecule has 0 saturated heterocycles. The van der Waals surface area contributed by atoms with Crippen molar-refractivity contribution in [2.75, 3.05) is 0 Å². The van der Waals surface area contributed by atoms with Crippen LogP contribution < -0.4 is 5.32 Å². The average molecular weight is 228 g/mol. The fourth-order valence-corrected chi connectivity index (χ4v) is 2.42. The molecule has 17 heavy (non-hydrogen) atoms. The lowest BCUT2D eigenvalue weighted by molar-refractivity contribution is 0.445. The van der Waals surface area contributed by atoms with Crippen molar-refractivity contribution >= 4 is 0 Å². The van der Waals surface area contributed by atoms with Crippen molar-refractivity contribution in [2.24, 2.45) is 0 Å². The molecule has 0 fully saturated rings. The number of rotatable bonds is 3. The SMILES string of the molecule is c1cnc2c(c1)CCCC2NCc1cnc[nH]1. The monoisotopic (exact) mass is 228 g/mol. The number of aromatic nitrogens is 3. The number of hydrogen-bond acceptors (Lipinski definition) is 3. The lowest BCUT2D eigenvalue weighted by atomic mass is 9.92. The molecule has 2 heterocycles. The van der Waals surface area contributed by atoms with Gasteiger partial charge in [0.2, 0.25) is 0 Å². The zero-order valence-corrected chi connectivity index (χ0v) is 9.69. The van der Waals surface area contributed by atoms with E-state index < -0.39 is 0 Å². The van der Waals surface area contributed by atoms with E-state index in [1.807, 2.05) is 18.5 Å². The fraction of sp³-hybridized carbons (Fsp3) is 0.385. The number of hydrogen-bond donors (Lipinski definition) is 2. The summed E-state index contributed by atoms with van der Waals surface area (Å²) in [5.74, 6) is 0. The van der Waals surface area contributed by atoms with Crippen molar-refractivity contribution in [3.05, 3.63) is 47.8 Å². The zero-order valence-electron chi connectivity index (χ0n) is 9.69. The first-order valence-corrected chi connectivity index (χ1v) is 6.08. The molecule has 88 valence electrons. The molecule has 4 nitrogen and oxygen atoms in total. The highest BCUT2D eigenvalue weighted by Gasteiger charge is 2.20. The van der Waals surface area contributed by atoms with Gasteiger partial charge in [0.15, 0.2) is 0 Å².